The first-order valence-electron chi connectivity index (χ1n) is 8.78. The Balaban J connectivity index is 1.40. The summed E-state index contributed by atoms with van der Waals surface area (Å²) in [7, 11) is 0. The highest BCUT2D eigenvalue weighted by Crippen LogP contribution is 2.26. The number of hydrogen-bond donors (Lipinski definition) is 1. The van der Waals surface area contributed by atoms with Gasteiger partial charge in [0.2, 0.25) is 5.91 Å². The van der Waals surface area contributed by atoms with Crippen LogP contribution in [0.2, 0.25) is 0 Å². The number of carbonyl (C=O) groups is 1. The number of carbonyl (C=O) groups excluding carboxylic acids is 1. The van der Waals surface area contributed by atoms with E-state index in [0.717, 1.165) is 42.0 Å². The maximum atomic E-state index is 12.2. The number of non-ortho nitro benzene ring substituents is 1. The van der Waals surface area contributed by atoms with Crippen LogP contribution < -0.4 is 5.32 Å². The predicted octanol–water partition coefficient (Wildman–Crippen LogP) is 3.59. The fraction of sp³-hybridized carbons (Fsp3) is 0.200. The third kappa shape index (κ3) is 3.57. The first kappa shape index (κ1) is 17.0. The summed E-state index contributed by atoms with van der Waals surface area (Å²) in [4.78, 5) is 26.9. The fourth-order valence-electron chi connectivity index (χ4n) is 3.34. The number of aryl methyl sites for hydroxylation is 1. The number of amides is 1. The second kappa shape index (κ2) is 7.03. The molecule has 0 aliphatic carbocycles. The number of nitrogens with zero attached hydrogens (tertiary/aromatic N) is 3. The van der Waals surface area contributed by atoms with Crippen molar-refractivity contribution in [3.8, 4) is 11.3 Å². The summed E-state index contributed by atoms with van der Waals surface area (Å²) in [6, 6.07) is 13.7. The van der Waals surface area contributed by atoms with Gasteiger partial charge in [-0.1, -0.05) is 24.3 Å². The number of benzene rings is 2. The van der Waals surface area contributed by atoms with E-state index in [1.807, 2.05) is 30.5 Å². The lowest BCUT2D eigenvalue weighted by Gasteiger charge is -2.08. The van der Waals surface area contributed by atoms with Gasteiger partial charge in [0.25, 0.3) is 5.69 Å². The highest BCUT2D eigenvalue weighted by Gasteiger charge is 2.16. The SMILES string of the molecule is O=C(Cc1ccc([N+](=O)[O-])cc1)Nc1ccc(-c2cnc3n2CCC3)cc1. The smallest absolute Gasteiger partial charge is 0.269 e. The van der Waals surface area contributed by atoms with Crippen LogP contribution in [0.1, 0.15) is 17.8 Å². The molecule has 4 rings (SSSR count). The van der Waals surface area contributed by atoms with Crippen LogP contribution in [0.25, 0.3) is 11.3 Å². The molecule has 1 aromatic heterocycles. The van der Waals surface area contributed by atoms with Crippen molar-refractivity contribution >= 4 is 17.3 Å². The molecule has 0 spiro atoms. The van der Waals surface area contributed by atoms with E-state index in [1.165, 1.54) is 12.1 Å². The van der Waals surface area contributed by atoms with Crippen LogP contribution in [0.5, 0.6) is 0 Å². The molecule has 2 aromatic carbocycles. The largest absolute Gasteiger partial charge is 0.328 e. The van der Waals surface area contributed by atoms with Gasteiger partial charge >= 0.3 is 0 Å². The molecule has 1 aliphatic heterocycles. The van der Waals surface area contributed by atoms with Crippen molar-refractivity contribution in [3.63, 3.8) is 0 Å². The molecule has 0 fully saturated rings. The van der Waals surface area contributed by atoms with Crippen LogP contribution in [0.3, 0.4) is 0 Å². The molecule has 0 bridgehead atoms. The fourth-order valence-corrected chi connectivity index (χ4v) is 3.34. The Morgan fingerprint density at radius 2 is 1.89 bits per heavy atom. The molecule has 3 aromatic rings. The van der Waals surface area contributed by atoms with Crippen LogP contribution in [0, 0.1) is 10.1 Å². The Morgan fingerprint density at radius 1 is 1.15 bits per heavy atom. The average molecular weight is 362 g/mol. The number of anilines is 1. The lowest BCUT2D eigenvalue weighted by atomic mass is 10.1. The summed E-state index contributed by atoms with van der Waals surface area (Å²) in [5.41, 5.74) is 3.63. The van der Waals surface area contributed by atoms with E-state index < -0.39 is 4.92 Å². The standard InChI is InChI=1S/C20H18N4O3/c25-20(12-14-3-9-17(10-4-14)24(26)27)22-16-7-5-15(6-8-16)18-13-21-19-2-1-11-23(18)19/h3-10,13H,1-2,11-12H2,(H,22,25). The van der Waals surface area contributed by atoms with Gasteiger partial charge in [-0.3, -0.25) is 14.9 Å². The summed E-state index contributed by atoms with van der Waals surface area (Å²) >= 11 is 0. The highest BCUT2D eigenvalue weighted by atomic mass is 16.6. The molecule has 1 amide bonds. The topological polar surface area (TPSA) is 90.1 Å². The van der Waals surface area contributed by atoms with Gasteiger partial charge in [0, 0.05) is 30.8 Å². The Morgan fingerprint density at radius 3 is 2.59 bits per heavy atom. The molecular formula is C20H18N4O3. The minimum absolute atomic E-state index is 0.0149. The van der Waals surface area contributed by atoms with E-state index in [1.54, 1.807) is 12.1 Å². The van der Waals surface area contributed by atoms with E-state index in [4.69, 9.17) is 0 Å². The maximum absolute atomic E-state index is 12.2. The van der Waals surface area contributed by atoms with Gasteiger partial charge in [-0.05, 0) is 29.7 Å². The molecule has 136 valence electrons. The van der Waals surface area contributed by atoms with Gasteiger partial charge in [-0.25, -0.2) is 4.98 Å². The summed E-state index contributed by atoms with van der Waals surface area (Å²) in [6.45, 7) is 0.998. The zero-order chi connectivity index (χ0) is 18.8. The number of hydrogen-bond acceptors (Lipinski definition) is 4. The van der Waals surface area contributed by atoms with Crippen LogP contribution in [-0.2, 0) is 24.2 Å². The van der Waals surface area contributed by atoms with Crippen molar-refractivity contribution in [2.75, 3.05) is 5.32 Å². The highest BCUT2D eigenvalue weighted by molar-refractivity contribution is 5.92. The van der Waals surface area contributed by atoms with Crippen LogP contribution in [0.4, 0.5) is 11.4 Å². The molecule has 1 N–H and O–H groups in total. The predicted molar refractivity (Wildman–Crippen MR) is 101 cm³/mol. The lowest BCUT2D eigenvalue weighted by Crippen LogP contribution is -2.14. The lowest BCUT2D eigenvalue weighted by molar-refractivity contribution is -0.384. The molecule has 27 heavy (non-hydrogen) atoms. The normalized spacial score (nSPS) is 12.6. The van der Waals surface area contributed by atoms with Crippen LogP contribution in [-0.4, -0.2) is 20.4 Å². The van der Waals surface area contributed by atoms with Gasteiger partial charge in [-0.15, -0.1) is 0 Å². The number of rotatable bonds is 5. The van der Waals surface area contributed by atoms with Crippen molar-refractivity contribution < 1.29 is 9.72 Å². The van der Waals surface area contributed by atoms with Gasteiger partial charge in [0.05, 0.1) is 23.2 Å². The molecule has 0 radical (unpaired) electrons. The van der Waals surface area contributed by atoms with Crippen molar-refractivity contribution in [3.05, 3.63) is 76.2 Å². The van der Waals surface area contributed by atoms with Gasteiger partial charge in [0.15, 0.2) is 0 Å². The number of nitro groups is 1. The van der Waals surface area contributed by atoms with E-state index >= 15 is 0 Å². The third-order valence-corrected chi connectivity index (χ3v) is 4.70. The monoisotopic (exact) mass is 362 g/mol. The summed E-state index contributed by atoms with van der Waals surface area (Å²) < 4.78 is 2.24. The van der Waals surface area contributed by atoms with Crippen molar-refractivity contribution in [2.45, 2.75) is 25.8 Å². The molecule has 7 nitrogen and oxygen atoms in total. The first-order valence-corrected chi connectivity index (χ1v) is 8.78. The minimum atomic E-state index is -0.457. The molecular weight excluding hydrogens is 344 g/mol. The zero-order valence-corrected chi connectivity index (χ0v) is 14.6. The summed E-state index contributed by atoms with van der Waals surface area (Å²) in [6.07, 6.45) is 4.22. The number of imidazole rings is 1. The van der Waals surface area contributed by atoms with E-state index in [2.05, 4.69) is 14.9 Å². The second-order valence-corrected chi connectivity index (χ2v) is 6.54. The Hall–Kier alpha value is -3.48. The van der Waals surface area contributed by atoms with E-state index in [-0.39, 0.29) is 18.0 Å². The molecule has 0 unspecified atom stereocenters. The van der Waals surface area contributed by atoms with Crippen molar-refractivity contribution in [1.29, 1.82) is 0 Å². The molecule has 2 heterocycles. The van der Waals surface area contributed by atoms with Crippen molar-refractivity contribution in [2.24, 2.45) is 0 Å². The Labute approximate surface area is 155 Å². The molecule has 7 heteroatoms. The Kier molecular flexibility index (Phi) is 4.42. The zero-order valence-electron chi connectivity index (χ0n) is 14.6. The van der Waals surface area contributed by atoms with Gasteiger partial charge < -0.3 is 9.88 Å². The number of aromatic nitrogens is 2. The number of nitrogens with one attached hydrogen (secondary N) is 1. The second-order valence-electron chi connectivity index (χ2n) is 6.54. The first-order chi connectivity index (χ1) is 13.1. The molecule has 0 atom stereocenters. The molecule has 0 saturated carbocycles. The number of fused-ring (bicyclic) bond motifs is 1. The molecule has 0 saturated heterocycles. The quantitative estimate of drug-likeness (QED) is 0.555. The third-order valence-electron chi connectivity index (χ3n) is 4.70. The van der Waals surface area contributed by atoms with Crippen LogP contribution >= 0.6 is 0 Å². The Bertz CT molecular complexity index is 991. The van der Waals surface area contributed by atoms with Crippen molar-refractivity contribution in [1.82, 2.24) is 9.55 Å². The van der Waals surface area contributed by atoms with E-state index in [0.29, 0.717) is 5.69 Å². The van der Waals surface area contributed by atoms with Gasteiger partial charge in [-0.2, -0.15) is 0 Å². The average Bonchev–Trinajstić information content (AvgIpc) is 3.26. The van der Waals surface area contributed by atoms with E-state index in [9.17, 15) is 14.9 Å². The maximum Gasteiger partial charge on any atom is 0.269 e. The summed E-state index contributed by atoms with van der Waals surface area (Å²) in [5, 5.41) is 13.5. The minimum Gasteiger partial charge on any atom is -0.328 e. The number of nitro benzene ring substituents is 1. The summed E-state index contributed by atoms with van der Waals surface area (Å²) in [5.74, 6) is 0.965. The molecule has 1 aliphatic rings. The van der Waals surface area contributed by atoms with Crippen LogP contribution in [0.15, 0.2) is 54.7 Å². The van der Waals surface area contributed by atoms with Gasteiger partial charge in [0.1, 0.15) is 5.82 Å².